The van der Waals surface area contributed by atoms with Crippen molar-refractivity contribution in [2.24, 2.45) is 17.6 Å². The zero-order valence-corrected chi connectivity index (χ0v) is 39.1. The molecule has 4 rings (SSSR count). The molecule has 2 aliphatic rings. The SMILES string of the molecule is CCCOC(CC(C(C)C)N(CCC)C(=O)C(NC(=O)C1CCCCN1C)C(C)CC)c1nc(C(=O)NC2Cc3ccc(O)cc3C(C(=O)NNC(=O)OCCOCCN)C2)cs1. The number of piperidine rings is 1. The van der Waals surface area contributed by atoms with Crippen molar-refractivity contribution in [3.63, 3.8) is 0 Å². The Morgan fingerprint density at radius 2 is 1.79 bits per heavy atom. The highest BCUT2D eigenvalue weighted by atomic mass is 32.1. The number of likely N-dealkylation sites (N-methyl/N-ethyl adjacent to an activating group) is 1. The molecule has 18 heteroatoms. The van der Waals surface area contributed by atoms with Crippen LogP contribution in [0.3, 0.4) is 0 Å². The minimum absolute atomic E-state index is 0.0135. The van der Waals surface area contributed by atoms with Gasteiger partial charge in [0.25, 0.3) is 5.91 Å². The minimum Gasteiger partial charge on any atom is -0.508 e. The standard InChI is InChI=1S/C45H72N8O9S/c1-8-17-53(44(58)39(29(6)10-3)49-42(57)36-13-11-12-18-52(36)7)37(28(4)5)26-38(61-19-9-2)43-48-35(27-63-43)41(56)47-31-23-30-14-15-32(54)25-33(30)34(24-31)40(55)50-51-45(59)62-22-21-60-20-16-46/h14-15,25,27-29,31,34,36-39,54H,8-13,16-24,26,46H2,1-7H3,(H,47,56)(H,49,57)(H,50,55)(H,51,59). The largest absolute Gasteiger partial charge is 0.508 e. The molecule has 1 aromatic carbocycles. The summed E-state index contributed by atoms with van der Waals surface area (Å²) in [5, 5.41) is 18.8. The highest BCUT2D eigenvalue weighted by molar-refractivity contribution is 7.09. The summed E-state index contributed by atoms with van der Waals surface area (Å²) in [7, 11) is 1.97. The molecular formula is C45H72N8O9S. The van der Waals surface area contributed by atoms with Crippen molar-refractivity contribution >= 4 is 41.1 Å². The van der Waals surface area contributed by atoms with E-state index in [0.717, 1.165) is 50.6 Å². The first kappa shape index (κ1) is 51.3. The van der Waals surface area contributed by atoms with Gasteiger partial charge in [0.2, 0.25) is 17.7 Å². The summed E-state index contributed by atoms with van der Waals surface area (Å²) in [4.78, 5) is 76.7. The fourth-order valence-corrected chi connectivity index (χ4v) is 9.16. The number of hydrazine groups is 1. The molecule has 352 valence electrons. The topological polar surface area (TPSA) is 227 Å². The number of phenols is 1. The Labute approximate surface area is 376 Å². The maximum absolute atomic E-state index is 14.7. The van der Waals surface area contributed by atoms with Gasteiger partial charge in [0.15, 0.2) is 0 Å². The van der Waals surface area contributed by atoms with Crippen LogP contribution in [0.4, 0.5) is 4.79 Å². The lowest BCUT2D eigenvalue weighted by Gasteiger charge is -2.40. The van der Waals surface area contributed by atoms with Crippen molar-refractivity contribution in [3.8, 4) is 5.75 Å². The molecule has 7 N–H and O–H groups in total. The molecule has 0 saturated carbocycles. The van der Waals surface area contributed by atoms with Crippen molar-refractivity contribution in [1.29, 1.82) is 0 Å². The fourth-order valence-electron chi connectivity index (χ4n) is 8.30. The van der Waals surface area contributed by atoms with E-state index in [2.05, 4.69) is 40.2 Å². The van der Waals surface area contributed by atoms with Crippen molar-refractivity contribution in [3.05, 3.63) is 45.4 Å². The van der Waals surface area contributed by atoms with Crippen molar-refractivity contribution in [2.75, 3.05) is 53.1 Å². The van der Waals surface area contributed by atoms with Gasteiger partial charge in [0.1, 0.15) is 35.2 Å². The number of benzene rings is 1. The monoisotopic (exact) mass is 901 g/mol. The third-order valence-electron chi connectivity index (χ3n) is 11.9. The lowest BCUT2D eigenvalue weighted by atomic mass is 9.79. The summed E-state index contributed by atoms with van der Waals surface area (Å²) < 4.78 is 16.7. The van der Waals surface area contributed by atoms with E-state index >= 15 is 0 Å². The lowest BCUT2D eigenvalue weighted by molar-refractivity contribution is -0.143. The number of amides is 5. The Bertz CT molecular complexity index is 1800. The molecule has 17 nitrogen and oxygen atoms in total. The number of hydrogen-bond acceptors (Lipinski definition) is 13. The third-order valence-corrected chi connectivity index (χ3v) is 12.9. The number of aromatic hydroxyl groups is 1. The van der Waals surface area contributed by atoms with Crippen molar-refractivity contribution < 1.29 is 43.3 Å². The van der Waals surface area contributed by atoms with Gasteiger partial charge in [-0.1, -0.05) is 60.5 Å². The average Bonchev–Trinajstić information content (AvgIpc) is 3.77. The van der Waals surface area contributed by atoms with Crippen LogP contribution < -0.4 is 27.2 Å². The predicted octanol–water partition coefficient (Wildman–Crippen LogP) is 4.55. The Morgan fingerprint density at radius 3 is 2.48 bits per heavy atom. The summed E-state index contributed by atoms with van der Waals surface area (Å²) in [6.45, 7) is 14.9. The number of fused-ring (bicyclic) bond motifs is 1. The van der Waals surface area contributed by atoms with E-state index in [1.54, 1.807) is 11.4 Å². The molecule has 63 heavy (non-hydrogen) atoms. The summed E-state index contributed by atoms with van der Waals surface area (Å²) in [6.07, 6.45) is 4.65. The summed E-state index contributed by atoms with van der Waals surface area (Å²) in [5.41, 5.74) is 11.6. The molecule has 1 fully saturated rings. The van der Waals surface area contributed by atoms with Gasteiger partial charge in [-0.25, -0.2) is 15.2 Å². The van der Waals surface area contributed by atoms with Crippen LogP contribution in [0.25, 0.3) is 0 Å². The Morgan fingerprint density at radius 1 is 1.02 bits per heavy atom. The molecule has 0 bridgehead atoms. The Hall–Kier alpha value is -4.36. The van der Waals surface area contributed by atoms with Gasteiger partial charge >= 0.3 is 6.09 Å². The molecule has 0 spiro atoms. The first-order valence-electron chi connectivity index (χ1n) is 22.7. The summed E-state index contributed by atoms with van der Waals surface area (Å²) >= 11 is 1.32. The number of ether oxygens (including phenoxy) is 3. The molecule has 7 atom stereocenters. The quantitative estimate of drug-likeness (QED) is 0.0668. The van der Waals surface area contributed by atoms with Gasteiger partial charge in [-0.15, -0.1) is 11.3 Å². The van der Waals surface area contributed by atoms with E-state index in [1.807, 2.05) is 39.6 Å². The van der Waals surface area contributed by atoms with E-state index in [1.165, 1.54) is 23.5 Å². The van der Waals surface area contributed by atoms with Gasteiger partial charge in [0.05, 0.1) is 25.2 Å². The van der Waals surface area contributed by atoms with E-state index in [-0.39, 0.29) is 66.8 Å². The average molecular weight is 901 g/mol. The Kier molecular flexibility index (Phi) is 21.0. The highest BCUT2D eigenvalue weighted by Gasteiger charge is 2.39. The summed E-state index contributed by atoms with van der Waals surface area (Å²) in [6, 6.07) is 3.09. The van der Waals surface area contributed by atoms with Gasteiger partial charge in [-0.2, -0.15) is 0 Å². The molecule has 1 aliphatic carbocycles. The van der Waals surface area contributed by atoms with Gasteiger partial charge < -0.3 is 40.6 Å². The molecule has 1 aliphatic heterocycles. The van der Waals surface area contributed by atoms with E-state index < -0.39 is 42.0 Å². The number of hydrogen-bond donors (Lipinski definition) is 6. The smallest absolute Gasteiger partial charge is 0.426 e. The molecule has 0 radical (unpaired) electrons. The maximum atomic E-state index is 14.7. The number of carbonyl (C=O) groups is 5. The van der Waals surface area contributed by atoms with Crippen LogP contribution in [-0.4, -0.2) is 127 Å². The number of nitrogens with two attached hydrogens (primary N) is 1. The van der Waals surface area contributed by atoms with E-state index in [9.17, 15) is 29.1 Å². The van der Waals surface area contributed by atoms with Gasteiger partial charge in [0, 0.05) is 43.6 Å². The van der Waals surface area contributed by atoms with Crippen molar-refractivity contribution in [1.82, 2.24) is 36.3 Å². The van der Waals surface area contributed by atoms with Crippen LogP contribution in [0.1, 0.15) is 132 Å². The number of nitrogens with one attached hydrogen (secondary N) is 4. The van der Waals surface area contributed by atoms with E-state index in [4.69, 9.17) is 24.9 Å². The van der Waals surface area contributed by atoms with Crippen LogP contribution >= 0.6 is 11.3 Å². The fraction of sp³-hybridized carbons (Fsp3) is 0.689. The number of rotatable bonds is 23. The van der Waals surface area contributed by atoms with Crippen LogP contribution in [0.15, 0.2) is 23.6 Å². The first-order chi connectivity index (χ1) is 30.2. The number of aromatic nitrogens is 1. The molecular weight excluding hydrogens is 829 g/mol. The molecule has 2 aromatic rings. The second-order valence-corrected chi connectivity index (χ2v) is 18.0. The number of thiazole rings is 1. The summed E-state index contributed by atoms with van der Waals surface area (Å²) in [5.74, 6) is -2.04. The number of phenolic OH excluding ortho intramolecular Hbond substituents is 1. The number of likely N-dealkylation sites (tertiary alicyclic amines) is 1. The number of nitrogens with zero attached hydrogens (tertiary/aromatic N) is 3. The third kappa shape index (κ3) is 14.8. The molecule has 1 aromatic heterocycles. The zero-order chi connectivity index (χ0) is 46.1. The second kappa shape index (κ2) is 25.8. The highest BCUT2D eigenvalue weighted by Crippen LogP contribution is 2.35. The van der Waals surface area contributed by atoms with Crippen LogP contribution in [0.2, 0.25) is 0 Å². The molecule has 2 heterocycles. The minimum atomic E-state index is -0.872. The second-order valence-electron chi connectivity index (χ2n) is 17.1. The molecule has 1 saturated heterocycles. The van der Waals surface area contributed by atoms with Crippen LogP contribution in [-0.2, 0) is 35.0 Å². The van der Waals surface area contributed by atoms with Crippen LogP contribution in [0, 0.1) is 11.8 Å². The first-order valence-corrected chi connectivity index (χ1v) is 23.6. The molecule has 7 unspecified atom stereocenters. The zero-order valence-electron chi connectivity index (χ0n) is 38.3. The normalized spacial score (nSPS) is 19.5. The van der Waals surface area contributed by atoms with Crippen LogP contribution in [0.5, 0.6) is 5.75 Å². The van der Waals surface area contributed by atoms with Crippen molar-refractivity contribution in [2.45, 2.75) is 136 Å². The van der Waals surface area contributed by atoms with E-state index in [0.29, 0.717) is 49.7 Å². The predicted molar refractivity (Wildman–Crippen MR) is 241 cm³/mol. The van der Waals surface area contributed by atoms with Gasteiger partial charge in [-0.05, 0) is 87.2 Å². The maximum Gasteiger partial charge on any atom is 0.426 e. The number of carbonyl (C=O) groups excluding carboxylic acids is 5. The molecule has 5 amide bonds. The van der Waals surface area contributed by atoms with Gasteiger partial charge in [-0.3, -0.25) is 29.5 Å². The Balaban J connectivity index is 1.49. The lowest BCUT2D eigenvalue weighted by Crippen LogP contribution is -2.58.